The summed E-state index contributed by atoms with van der Waals surface area (Å²) in [7, 11) is 5.70. The molecule has 0 aliphatic heterocycles. The van der Waals surface area contributed by atoms with Crippen molar-refractivity contribution in [1.82, 2.24) is 19.9 Å². The molecular weight excluding hydrogens is 566 g/mol. The molecule has 12 nitrogen and oxygen atoms in total. The lowest BCUT2D eigenvalue weighted by Crippen LogP contribution is -2.12. The maximum atomic E-state index is 14.1. The summed E-state index contributed by atoms with van der Waals surface area (Å²) in [6, 6.07) is 24.1. The third-order valence-electron chi connectivity index (χ3n) is 6.32. The van der Waals surface area contributed by atoms with Gasteiger partial charge in [-0.05, 0) is 12.1 Å². The predicted molar refractivity (Wildman–Crippen MR) is 160 cm³/mol. The molecule has 0 radical (unpaired) electrons. The van der Waals surface area contributed by atoms with Crippen molar-refractivity contribution < 1.29 is 33.7 Å². The molecule has 44 heavy (non-hydrogen) atoms. The van der Waals surface area contributed by atoms with Gasteiger partial charge in [0, 0.05) is 22.3 Å². The smallest absolute Gasteiger partial charge is 0.367 e. The van der Waals surface area contributed by atoms with E-state index in [1.54, 1.807) is 0 Å². The summed E-state index contributed by atoms with van der Waals surface area (Å²) >= 11 is 0. The Balaban J connectivity index is 1.73. The topological polar surface area (TPSA) is 147 Å². The van der Waals surface area contributed by atoms with Gasteiger partial charge in [0.25, 0.3) is 0 Å². The molecule has 12 heteroatoms. The molecule has 0 saturated carbocycles. The van der Waals surface area contributed by atoms with Gasteiger partial charge in [-0.3, -0.25) is 0 Å². The molecule has 2 heterocycles. The first-order valence-electron chi connectivity index (χ1n) is 13.2. The molecule has 222 valence electrons. The summed E-state index contributed by atoms with van der Waals surface area (Å²) in [5.41, 5.74) is 1.91. The van der Waals surface area contributed by atoms with Crippen LogP contribution in [0.4, 0.5) is 0 Å². The molecule has 1 N–H and O–H groups in total. The maximum Gasteiger partial charge on any atom is 0.367 e. The van der Waals surface area contributed by atoms with E-state index in [0.29, 0.717) is 5.71 Å². The minimum Gasteiger partial charge on any atom is -0.508 e. The summed E-state index contributed by atoms with van der Waals surface area (Å²) in [6.45, 7) is 0. The first-order chi connectivity index (χ1) is 21.4. The van der Waals surface area contributed by atoms with Crippen LogP contribution < -0.4 is 18.9 Å². The van der Waals surface area contributed by atoms with E-state index in [0.717, 1.165) is 11.1 Å². The largest absolute Gasteiger partial charge is 0.508 e. The highest BCUT2D eigenvalue weighted by molar-refractivity contribution is 6.13. The van der Waals surface area contributed by atoms with Crippen molar-refractivity contribution in [3.05, 3.63) is 102 Å². The average Bonchev–Trinajstić information content (AvgIpc) is 3.08. The van der Waals surface area contributed by atoms with E-state index >= 15 is 0 Å². The standard InChI is InChI=1S/C32H27N5O7/c1-40-24-17-25(41-2)34-30(33-24)22-15-21(38)16-23(31-35-26(42-3)18-27(36-31)43-4)28(22)32(39)44-37-29(19-11-7-5-8-12-19)20-13-9-6-10-14-20/h5-18,38H,1-4H3. The van der Waals surface area contributed by atoms with Crippen LogP contribution in [0.2, 0.25) is 0 Å². The highest BCUT2D eigenvalue weighted by atomic mass is 16.7. The quantitative estimate of drug-likeness (QED) is 0.133. The highest BCUT2D eigenvalue weighted by Gasteiger charge is 2.27. The van der Waals surface area contributed by atoms with Crippen LogP contribution >= 0.6 is 0 Å². The number of hydrogen-bond donors (Lipinski definition) is 1. The number of oxime groups is 1. The Morgan fingerprint density at radius 2 is 1.00 bits per heavy atom. The van der Waals surface area contributed by atoms with E-state index in [-0.39, 0.29) is 57.6 Å². The van der Waals surface area contributed by atoms with Crippen molar-refractivity contribution >= 4 is 11.7 Å². The second-order valence-corrected chi connectivity index (χ2v) is 9.02. The van der Waals surface area contributed by atoms with Crippen LogP contribution in [-0.4, -0.2) is 65.2 Å². The van der Waals surface area contributed by atoms with Crippen LogP contribution in [0.5, 0.6) is 29.3 Å². The number of phenols is 1. The molecule has 0 fully saturated rings. The number of carbonyl (C=O) groups excluding carboxylic acids is 1. The van der Waals surface area contributed by atoms with Gasteiger partial charge in [0.05, 0.1) is 46.1 Å². The molecule has 0 spiro atoms. The Labute approximate surface area is 252 Å². The third-order valence-corrected chi connectivity index (χ3v) is 6.32. The van der Waals surface area contributed by atoms with E-state index in [2.05, 4.69) is 25.1 Å². The van der Waals surface area contributed by atoms with E-state index in [1.807, 2.05) is 60.7 Å². The number of methoxy groups -OCH3 is 4. The molecule has 0 atom stereocenters. The van der Waals surface area contributed by atoms with Crippen LogP contribution in [0.1, 0.15) is 21.5 Å². The summed E-state index contributed by atoms with van der Waals surface area (Å²) in [5, 5.41) is 15.1. The minimum absolute atomic E-state index is 0.00418. The third kappa shape index (κ3) is 6.39. The average molecular weight is 594 g/mol. The number of phenolic OH excluding ortho intramolecular Hbond substituents is 1. The van der Waals surface area contributed by atoms with Crippen LogP contribution in [0.3, 0.4) is 0 Å². The lowest BCUT2D eigenvalue weighted by Gasteiger charge is -2.15. The van der Waals surface area contributed by atoms with Gasteiger partial charge in [0.1, 0.15) is 11.5 Å². The van der Waals surface area contributed by atoms with E-state index in [1.165, 1.54) is 52.7 Å². The van der Waals surface area contributed by atoms with Gasteiger partial charge >= 0.3 is 5.97 Å². The first kappa shape index (κ1) is 29.5. The first-order valence-corrected chi connectivity index (χ1v) is 13.2. The number of carbonyl (C=O) groups is 1. The number of aromatic hydroxyl groups is 1. The predicted octanol–water partition coefficient (Wildman–Crippen LogP) is 4.95. The Bertz CT molecular complexity index is 1650. The number of nitrogens with zero attached hydrogens (tertiary/aromatic N) is 5. The number of hydrogen-bond acceptors (Lipinski definition) is 12. The van der Waals surface area contributed by atoms with E-state index < -0.39 is 5.97 Å². The van der Waals surface area contributed by atoms with Crippen molar-refractivity contribution in [2.75, 3.05) is 28.4 Å². The van der Waals surface area contributed by atoms with Crippen molar-refractivity contribution in [3.8, 4) is 52.0 Å². The molecule has 5 aromatic rings. The second-order valence-electron chi connectivity index (χ2n) is 9.02. The SMILES string of the molecule is COc1cc(OC)nc(-c2cc(O)cc(-c3nc(OC)cc(OC)n3)c2C(=O)ON=C(c2ccccc2)c2ccccc2)n1. The fourth-order valence-electron chi connectivity index (χ4n) is 4.26. The van der Waals surface area contributed by atoms with Gasteiger partial charge in [0.2, 0.25) is 23.5 Å². The van der Waals surface area contributed by atoms with Crippen LogP contribution in [0.25, 0.3) is 22.8 Å². The highest BCUT2D eigenvalue weighted by Crippen LogP contribution is 2.37. The van der Waals surface area contributed by atoms with Crippen LogP contribution in [0.15, 0.2) is 90.1 Å². The van der Waals surface area contributed by atoms with Gasteiger partial charge < -0.3 is 28.9 Å². The fourth-order valence-corrected chi connectivity index (χ4v) is 4.26. The Morgan fingerprint density at radius 1 is 0.614 bits per heavy atom. The lowest BCUT2D eigenvalue weighted by molar-refractivity contribution is 0.0518. The molecule has 3 aromatic carbocycles. The molecule has 2 aromatic heterocycles. The zero-order valence-electron chi connectivity index (χ0n) is 24.2. The normalized spacial score (nSPS) is 10.5. The zero-order valence-corrected chi connectivity index (χ0v) is 24.2. The van der Waals surface area contributed by atoms with E-state index in [4.69, 9.17) is 23.8 Å². The number of ether oxygens (including phenoxy) is 4. The van der Waals surface area contributed by atoms with E-state index in [9.17, 15) is 9.90 Å². The summed E-state index contributed by atoms with van der Waals surface area (Å²) in [5.74, 6) is -0.526. The van der Waals surface area contributed by atoms with Crippen molar-refractivity contribution in [1.29, 1.82) is 0 Å². The lowest BCUT2D eigenvalue weighted by atomic mass is 9.98. The number of aromatic nitrogens is 4. The Kier molecular flexibility index (Phi) is 8.90. The van der Waals surface area contributed by atoms with Gasteiger partial charge in [0.15, 0.2) is 11.6 Å². The number of rotatable bonds is 10. The van der Waals surface area contributed by atoms with Gasteiger partial charge in [-0.25, -0.2) is 4.79 Å². The number of benzene rings is 3. The zero-order chi connectivity index (χ0) is 31.1. The monoisotopic (exact) mass is 593 g/mol. The summed E-state index contributed by atoms with van der Waals surface area (Å²) in [6.07, 6.45) is 0. The molecular formula is C32H27N5O7. The molecule has 0 saturated heterocycles. The Morgan fingerprint density at radius 3 is 1.36 bits per heavy atom. The molecule has 0 amide bonds. The molecule has 5 rings (SSSR count). The second kappa shape index (κ2) is 13.3. The van der Waals surface area contributed by atoms with Gasteiger partial charge in [-0.1, -0.05) is 65.8 Å². The van der Waals surface area contributed by atoms with Crippen molar-refractivity contribution in [2.45, 2.75) is 0 Å². The molecule has 0 aliphatic carbocycles. The van der Waals surface area contributed by atoms with Gasteiger partial charge in [-0.2, -0.15) is 19.9 Å². The summed E-state index contributed by atoms with van der Waals surface area (Å²) < 4.78 is 21.2. The Hall–Kier alpha value is -6.04. The molecule has 0 aliphatic rings. The minimum atomic E-state index is -0.907. The van der Waals surface area contributed by atoms with Gasteiger partial charge in [-0.15, -0.1) is 0 Å². The fraction of sp³-hybridized carbons (Fsp3) is 0.125. The van der Waals surface area contributed by atoms with Crippen molar-refractivity contribution in [3.63, 3.8) is 0 Å². The summed E-state index contributed by atoms with van der Waals surface area (Å²) in [4.78, 5) is 37.3. The maximum absolute atomic E-state index is 14.1. The van der Waals surface area contributed by atoms with Crippen LogP contribution in [0, 0.1) is 0 Å². The molecule has 0 bridgehead atoms. The van der Waals surface area contributed by atoms with Crippen LogP contribution in [-0.2, 0) is 4.84 Å². The molecule has 0 unspecified atom stereocenters. The van der Waals surface area contributed by atoms with Crippen molar-refractivity contribution in [2.24, 2.45) is 5.16 Å².